The van der Waals surface area contributed by atoms with E-state index in [1.54, 1.807) is 6.26 Å². The van der Waals surface area contributed by atoms with Gasteiger partial charge in [0, 0.05) is 21.7 Å². The van der Waals surface area contributed by atoms with Gasteiger partial charge in [0.1, 0.15) is 11.6 Å². The molecule has 29 heavy (non-hydrogen) atoms. The number of nitrogens with two attached hydrogens (primary N) is 1. The van der Waals surface area contributed by atoms with Crippen molar-refractivity contribution < 1.29 is 33.3 Å². The Kier molecular flexibility index (Phi) is 4.83. The van der Waals surface area contributed by atoms with Gasteiger partial charge in [-0.2, -0.15) is 14.0 Å². The summed E-state index contributed by atoms with van der Waals surface area (Å²) in [5.41, 5.74) is 8.20. The Morgan fingerprint density at radius 1 is 0.862 bits per heavy atom. The lowest BCUT2D eigenvalue weighted by Gasteiger charge is -2.12. The van der Waals surface area contributed by atoms with E-state index >= 15 is 0 Å². The second-order valence-corrected chi connectivity index (χ2v) is 7.08. The fourth-order valence-electron chi connectivity index (χ4n) is 3.45. The number of benzene rings is 3. The normalized spacial score (nSPS) is 11.6. The molecule has 0 saturated carbocycles. The van der Waals surface area contributed by atoms with Crippen molar-refractivity contribution >= 4 is 38.3 Å². The summed E-state index contributed by atoms with van der Waals surface area (Å²) >= 11 is 0. The molecule has 0 saturated heterocycles. The first-order valence-electron chi connectivity index (χ1n) is 8.50. The summed E-state index contributed by atoms with van der Waals surface area (Å²) in [5.74, 6) is 1.39. The number of anilines is 1. The molecule has 0 amide bonds. The van der Waals surface area contributed by atoms with Crippen LogP contribution >= 0.6 is 0 Å². The number of nitrogens with zero attached hydrogens (tertiary/aromatic N) is 1. The molecule has 0 atom stereocenters. The van der Waals surface area contributed by atoms with E-state index in [1.165, 1.54) is 0 Å². The minimum atomic E-state index is -4.69. The fourth-order valence-corrected chi connectivity index (χ4v) is 3.45. The highest BCUT2D eigenvalue weighted by Gasteiger charge is 2.15. The van der Waals surface area contributed by atoms with E-state index < -0.39 is 10.2 Å². The Bertz CT molecular complexity index is 1310. The minimum Gasteiger partial charge on any atom is -0.464 e. The summed E-state index contributed by atoms with van der Waals surface area (Å²) in [4.78, 5) is 4.74. The van der Waals surface area contributed by atoms with Crippen molar-refractivity contribution in [2.45, 2.75) is 0 Å². The third-order valence-corrected chi connectivity index (χ3v) is 4.51. The van der Waals surface area contributed by atoms with Crippen LogP contribution < -0.4 is 19.7 Å². The molecule has 3 N–H and O–H groups in total. The Labute approximate surface area is 167 Å². The molecule has 3 aromatic carbocycles. The van der Waals surface area contributed by atoms with Crippen molar-refractivity contribution in [1.29, 1.82) is 0 Å². The van der Waals surface area contributed by atoms with E-state index in [2.05, 4.69) is 24.3 Å². The third-order valence-electron chi connectivity index (χ3n) is 4.51. The second kappa shape index (κ2) is 7.32. The van der Waals surface area contributed by atoms with Crippen molar-refractivity contribution in [3.05, 3.63) is 73.0 Å². The molecule has 5 aromatic rings. The lowest BCUT2D eigenvalue weighted by Crippen LogP contribution is -2.58. The van der Waals surface area contributed by atoms with Gasteiger partial charge in [0.05, 0.1) is 26.7 Å². The molecule has 146 valence electrons. The SMILES string of the molecule is Nc1nc2c3ccccc3cc(-c3ccco3)c2c2ccccc12.[O-][Cl+3]([O-])([O-])O. The maximum absolute atomic E-state index is 8.60. The van der Waals surface area contributed by atoms with Gasteiger partial charge in [-0.3, -0.25) is 0 Å². The molecule has 7 nitrogen and oxygen atoms in total. The highest BCUT2D eigenvalue weighted by molar-refractivity contribution is 6.22. The number of pyridine rings is 1. The molecule has 2 heterocycles. The zero-order valence-electron chi connectivity index (χ0n) is 14.9. The number of rotatable bonds is 1. The Hall–Kier alpha value is -3.20. The van der Waals surface area contributed by atoms with Crippen LogP contribution in [0.4, 0.5) is 5.82 Å². The van der Waals surface area contributed by atoms with Crippen LogP contribution in [0.3, 0.4) is 0 Å². The average Bonchev–Trinajstić information content (AvgIpc) is 3.21. The molecule has 0 unspecified atom stereocenters. The van der Waals surface area contributed by atoms with Gasteiger partial charge in [0.2, 0.25) is 0 Å². The van der Waals surface area contributed by atoms with E-state index in [0.717, 1.165) is 43.8 Å². The van der Waals surface area contributed by atoms with E-state index in [4.69, 9.17) is 33.8 Å². The van der Waals surface area contributed by atoms with Crippen LogP contribution in [0.2, 0.25) is 0 Å². The predicted octanol–water partition coefficient (Wildman–Crippen LogP) is 1.26. The van der Waals surface area contributed by atoms with Crippen molar-refractivity contribution in [1.82, 2.24) is 4.98 Å². The smallest absolute Gasteiger partial charge is 0.134 e. The van der Waals surface area contributed by atoms with Gasteiger partial charge in [-0.15, -0.1) is 0 Å². The molecule has 5 rings (SSSR count). The van der Waals surface area contributed by atoms with Crippen LogP contribution in [-0.4, -0.2) is 9.64 Å². The lowest BCUT2D eigenvalue weighted by molar-refractivity contribution is -1.92. The van der Waals surface area contributed by atoms with Crippen molar-refractivity contribution in [2.24, 2.45) is 0 Å². The zero-order chi connectivity index (χ0) is 20.6. The molecule has 0 bridgehead atoms. The van der Waals surface area contributed by atoms with Crippen LogP contribution in [0.5, 0.6) is 0 Å². The largest absolute Gasteiger partial charge is 0.464 e. The lowest BCUT2D eigenvalue weighted by atomic mass is 9.95. The van der Waals surface area contributed by atoms with Gasteiger partial charge >= 0.3 is 0 Å². The summed E-state index contributed by atoms with van der Waals surface area (Å²) in [6, 6.07) is 22.4. The second-order valence-electron chi connectivity index (χ2n) is 6.28. The monoisotopic (exact) mass is 410 g/mol. The van der Waals surface area contributed by atoms with Gasteiger partial charge in [0.25, 0.3) is 0 Å². The number of furan rings is 1. The molecular weight excluding hydrogens is 396 g/mol. The van der Waals surface area contributed by atoms with Crippen LogP contribution in [0, 0.1) is 10.2 Å². The number of hydrogen-bond donors (Lipinski definition) is 2. The number of hydrogen-bond acceptors (Lipinski definition) is 7. The summed E-state index contributed by atoms with van der Waals surface area (Å²) in [6.07, 6.45) is 1.70. The third kappa shape index (κ3) is 3.86. The first-order valence-corrected chi connectivity index (χ1v) is 9.76. The van der Waals surface area contributed by atoms with E-state index in [-0.39, 0.29) is 0 Å². The summed E-state index contributed by atoms with van der Waals surface area (Å²) < 4.78 is 38.4. The van der Waals surface area contributed by atoms with E-state index in [1.807, 2.05) is 42.5 Å². The number of halogens is 1. The van der Waals surface area contributed by atoms with E-state index in [0.29, 0.717) is 5.82 Å². The minimum absolute atomic E-state index is 0.555. The molecule has 2 aromatic heterocycles. The first kappa shape index (κ1) is 19.1. The van der Waals surface area contributed by atoms with Gasteiger partial charge < -0.3 is 10.2 Å². The van der Waals surface area contributed by atoms with Crippen LogP contribution in [0.1, 0.15) is 0 Å². The molecule has 0 aliphatic heterocycles. The molecule has 0 aliphatic carbocycles. The molecule has 8 heteroatoms. The highest BCUT2D eigenvalue weighted by Crippen LogP contribution is 2.39. The van der Waals surface area contributed by atoms with Crippen LogP contribution in [0.25, 0.3) is 43.8 Å². The Balaban J connectivity index is 0.000000369. The van der Waals surface area contributed by atoms with Gasteiger partial charge in [0.15, 0.2) is 0 Å². The topological polar surface area (TPSA) is 141 Å². The first-order chi connectivity index (χ1) is 13.8. The number of aromatic nitrogens is 1. The standard InChI is InChI=1S/C21H14N2O.ClHO4/c22-21-16-9-4-3-8-15(16)19-17(18-10-5-11-24-18)12-13-6-1-2-7-14(13)20(19)23-21;2-1(3,4)5/h1-12H,(H2,22,23);(H,2,3,4,5). The number of fused-ring (bicyclic) bond motifs is 5. The van der Waals surface area contributed by atoms with Gasteiger partial charge in [-0.1, -0.05) is 48.5 Å². The van der Waals surface area contributed by atoms with Gasteiger partial charge in [-0.05, 0) is 29.0 Å². The fraction of sp³-hybridized carbons (Fsp3) is 0. The molecule has 0 spiro atoms. The maximum atomic E-state index is 8.60. The van der Waals surface area contributed by atoms with Crippen LogP contribution in [-0.2, 0) is 0 Å². The van der Waals surface area contributed by atoms with E-state index in [9.17, 15) is 0 Å². The zero-order valence-corrected chi connectivity index (χ0v) is 15.7. The maximum Gasteiger partial charge on any atom is 0.134 e. The molecule has 0 aliphatic rings. The average molecular weight is 411 g/mol. The summed E-state index contributed by atoms with van der Waals surface area (Å²) in [7, 11) is -4.69. The molecule has 0 radical (unpaired) electrons. The summed E-state index contributed by atoms with van der Waals surface area (Å²) in [6.45, 7) is 0. The highest BCUT2D eigenvalue weighted by atomic mass is 35.7. The summed E-state index contributed by atoms with van der Waals surface area (Å²) in [5, 5.41) is 5.36. The molecule has 0 fully saturated rings. The van der Waals surface area contributed by atoms with Crippen LogP contribution in [0.15, 0.2) is 77.4 Å². The number of nitrogen functional groups attached to an aromatic ring is 1. The Morgan fingerprint density at radius 2 is 1.48 bits per heavy atom. The van der Waals surface area contributed by atoms with Crippen molar-refractivity contribution in [2.75, 3.05) is 5.73 Å². The Morgan fingerprint density at radius 3 is 2.14 bits per heavy atom. The van der Waals surface area contributed by atoms with Crippen molar-refractivity contribution in [3.63, 3.8) is 0 Å². The predicted molar refractivity (Wildman–Crippen MR) is 101 cm³/mol. The van der Waals surface area contributed by atoms with Gasteiger partial charge in [-0.25, -0.2) is 4.98 Å². The molecular formula is C21H15ClN2O5. The quantitative estimate of drug-likeness (QED) is 0.396. The van der Waals surface area contributed by atoms with Crippen molar-refractivity contribution in [3.8, 4) is 11.3 Å².